The quantitative estimate of drug-likeness (QED) is 0.0608. The summed E-state index contributed by atoms with van der Waals surface area (Å²) in [4.78, 5) is 58.6. The van der Waals surface area contributed by atoms with E-state index in [1.807, 2.05) is 0 Å². The first-order valence-corrected chi connectivity index (χ1v) is 15.5. The Morgan fingerprint density at radius 3 is 1.62 bits per heavy atom. The van der Waals surface area contributed by atoms with Crippen molar-refractivity contribution < 1.29 is 52.4 Å². The zero-order chi connectivity index (χ0) is 34.1. The van der Waals surface area contributed by atoms with E-state index in [9.17, 15) is 24.0 Å². The van der Waals surface area contributed by atoms with Gasteiger partial charge in [-0.3, -0.25) is 4.79 Å². The largest absolute Gasteiger partial charge is 0.464 e. The minimum atomic E-state index is -1.04. The smallest absolute Gasteiger partial charge is 0.407 e. The molecular formula is C32H54N2O11. The third-order valence-electron chi connectivity index (χ3n) is 6.17. The maximum absolute atomic E-state index is 12.4. The zero-order valence-corrected chi connectivity index (χ0v) is 27.8. The van der Waals surface area contributed by atoms with Gasteiger partial charge < -0.3 is 39.1 Å². The molecule has 0 fully saturated rings. The van der Waals surface area contributed by atoms with E-state index in [0.717, 1.165) is 38.5 Å². The van der Waals surface area contributed by atoms with Gasteiger partial charge in [0.05, 0.1) is 26.3 Å². The Balaban J connectivity index is 3.73. The molecule has 258 valence electrons. The molecule has 0 bridgehead atoms. The Kier molecular flexibility index (Phi) is 22.9. The molecule has 0 aliphatic heterocycles. The number of nitrogens with one attached hydrogen (secondary N) is 2. The molecule has 2 amide bonds. The number of unbranched alkanes of at least 4 members (excludes halogenated alkanes) is 6. The molecule has 0 saturated heterocycles. The highest BCUT2D eigenvalue weighted by Crippen LogP contribution is 2.14. The fourth-order valence-corrected chi connectivity index (χ4v) is 3.40. The molecule has 0 aliphatic rings. The maximum Gasteiger partial charge on any atom is 0.407 e. The molecule has 0 saturated carbocycles. The highest BCUT2D eigenvalue weighted by molar-refractivity contribution is 5.87. The predicted molar refractivity (Wildman–Crippen MR) is 167 cm³/mol. The number of carbonyl (C=O) groups excluding carboxylic acids is 5. The van der Waals surface area contributed by atoms with Crippen molar-refractivity contribution in [2.75, 3.05) is 52.7 Å². The van der Waals surface area contributed by atoms with Gasteiger partial charge in [-0.05, 0) is 73.1 Å². The minimum Gasteiger partial charge on any atom is -0.464 e. The molecule has 2 N–H and O–H groups in total. The normalized spacial score (nSPS) is 11.6. The van der Waals surface area contributed by atoms with Crippen molar-refractivity contribution in [3.8, 4) is 0 Å². The lowest BCUT2D eigenvalue weighted by molar-refractivity contribution is -0.168. The van der Waals surface area contributed by atoms with Crippen molar-refractivity contribution >= 4 is 29.9 Å². The zero-order valence-electron chi connectivity index (χ0n) is 27.8. The molecule has 0 heterocycles. The summed E-state index contributed by atoms with van der Waals surface area (Å²) in [7, 11) is 0. The van der Waals surface area contributed by atoms with Gasteiger partial charge in [0.1, 0.15) is 19.3 Å². The number of rotatable bonds is 26. The summed E-state index contributed by atoms with van der Waals surface area (Å²) in [6, 6.07) is 0. The molecule has 0 spiro atoms. The Hall–Kier alpha value is -3.45. The van der Waals surface area contributed by atoms with E-state index in [-0.39, 0.29) is 38.8 Å². The van der Waals surface area contributed by atoms with E-state index in [4.69, 9.17) is 28.4 Å². The van der Waals surface area contributed by atoms with Crippen molar-refractivity contribution in [1.82, 2.24) is 10.6 Å². The van der Waals surface area contributed by atoms with Crippen molar-refractivity contribution in [3.05, 3.63) is 24.3 Å². The van der Waals surface area contributed by atoms with Crippen LogP contribution < -0.4 is 10.6 Å². The maximum atomic E-state index is 12.4. The summed E-state index contributed by atoms with van der Waals surface area (Å²) >= 11 is 0. The molecule has 0 radical (unpaired) electrons. The van der Waals surface area contributed by atoms with Gasteiger partial charge in [0.25, 0.3) is 0 Å². The summed E-state index contributed by atoms with van der Waals surface area (Å²) in [5.74, 6) is -1.68. The van der Waals surface area contributed by atoms with Crippen LogP contribution in [0.1, 0.15) is 86.0 Å². The van der Waals surface area contributed by atoms with Crippen molar-refractivity contribution in [3.63, 3.8) is 0 Å². The SMILES string of the molecule is C=C(C)C(=O)OCCNC(=O)OCCCCCCOC(C)(C)C(=O)OCCCCCCOC(C)C(=O)NCCOC(=O)C(=C)C. The first-order chi connectivity index (χ1) is 21.3. The molecule has 0 aromatic heterocycles. The number of hydrogen-bond donors (Lipinski definition) is 2. The van der Waals surface area contributed by atoms with Crippen LogP contribution in [0.2, 0.25) is 0 Å². The van der Waals surface area contributed by atoms with Crippen molar-refractivity contribution in [2.24, 2.45) is 0 Å². The van der Waals surface area contributed by atoms with Gasteiger partial charge in [-0.2, -0.15) is 0 Å². The van der Waals surface area contributed by atoms with Gasteiger partial charge in [-0.1, -0.05) is 26.0 Å². The van der Waals surface area contributed by atoms with Gasteiger partial charge >= 0.3 is 24.0 Å². The van der Waals surface area contributed by atoms with Crippen LogP contribution in [0.15, 0.2) is 24.3 Å². The summed E-state index contributed by atoms with van der Waals surface area (Å²) in [6.07, 6.45) is 5.16. The van der Waals surface area contributed by atoms with Gasteiger partial charge in [0.15, 0.2) is 5.60 Å². The third kappa shape index (κ3) is 22.7. The second kappa shape index (κ2) is 24.8. The van der Waals surface area contributed by atoms with Gasteiger partial charge in [0, 0.05) is 24.4 Å². The topological polar surface area (TPSA) is 165 Å². The minimum absolute atomic E-state index is 0.0476. The van der Waals surface area contributed by atoms with Crippen LogP contribution in [-0.4, -0.2) is 94.3 Å². The van der Waals surface area contributed by atoms with Crippen molar-refractivity contribution in [1.29, 1.82) is 0 Å². The van der Waals surface area contributed by atoms with E-state index >= 15 is 0 Å². The summed E-state index contributed by atoms with van der Waals surface area (Å²) in [6.45, 7) is 17.0. The van der Waals surface area contributed by atoms with E-state index in [0.29, 0.717) is 43.8 Å². The summed E-state index contributed by atoms with van der Waals surface area (Å²) in [5, 5.41) is 5.15. The van der Waals surface area contributed by atoms with Crippen LogP contribution in [0.25, 0.3) is 0 Å². The van der Waals surface area contributed by atoms with E-state index in [1.54, 1.807) is 34.6 Å². The second-order valence-corrected chi connectivity index (χ2v) is 11.0. The predicted octanol–water partition coefficient (Wildman–Crippen LogP) is 3.93. The van der Waals surface area contributed by atoms with Crippen molar-refractivity contribution in [2.45, 2.75) is 97.7 Å². The number of amides is 2. The van der Waals surface area contributed by atoms with Crippen LogP contribution in [-0.2, 0) is 47.6 Å². The molecule has 13 heteroatoms. The lowest BCUT2D eigenvalue weighted by atomic mass is 10.1. The van der Waals surface area contributed by atoms with Crippen LogP contribution in [0.4, 0.5) is 4.79 Å². The van der Waals surface area contributed by atoms with Gasteiger partial charge in [0.2, 0.25) is 5.91 Å². The highest BCUT2D eigenvalue weighted by atomic mass is 16.6. The summed E-state index contributed by atoms with van der Waals surface area (Å²) < 4.78 is 31.5. The molecular weight excluding hydrogens is 588 g/mol. The average Bonchev–Trinajstić information content (AvgIpc) is 2.99. The van der Waals surface area contributed by atoms with E-state index in [1.165, 1.54) is 0 Å². The van der Waals surface area contributed by atoms with Crippen LogP contribution in [0.5, 0.6) is 0 Å². The first-order valence-electron chi connectivity index (χ1n) is 15.5. The molecule has 1 unspecified atom stereocenters. The van der Waals surface area contributed by atoms with Crippen LogP contribution in [0, 0.1) is 0 Å². The Morgan fingerprint density at radius 1 is 0.622 bits per heavy atom. The standard InChI is InChI=1S/C32H54N2O11/c1-24(2)28(36)41-22-16-33-27(35)26(5)40-18-12-8-9-13-19-43-30(38)32(6,7)45-21-15-11-10-14-20-44-31(39)34-17-23-42-29(37)25(3)4/h26H,1,3,8-23H2,2,4-7H3,(H,33,35)(H,34,39). The molecule has 45 heavy (non-hydrogen) atoms. The number of hydrogen-bond acceptors (Lipinski definition) is 11. The van der Waals surface area contributed by atoms with Crippen LogP contribution >= 0.6 is 0 Å². The first kappa shape index (κ1) is 41.5. The molecule has 13 nitrogen and oxygen atoms in total. The molecule has 0 rings (SSSR count). The Labute approximate surface area is 267 Å². The number of carbonyl (C=O) groups is 5. The average molecular weight is 643 g/mol. The molecule has 0 aliphatic carbocycles. The Morgan fingerprint density at radius 2 is 1.09 bits per heavy atom. The monoisotopic (exact) mass is 642 g/mol. The van der Waals surface area contributed by atoms with Gasteiger partial charge in [-0.25, -0.2) is 19.2 Å². The lowest BCUT2D eigenvalue weighted by Crippen LogP contribution is -2.37. The van der Waals surface area contributed by atoms with E-state index in [2.05, 4.69) is 23.8 Å². The third-order valence-corrected chi connectivity index (χ3v) is 6.17. The van der Waals surface area contributed by atoms with Gasteiger partial charge in [-0.15, -0.1) is 0 Å². The molecule has 0 aromatic carbocycles. The number of ether oxygens (including phenoxy) is 6. The highest BCUT2D eigenvalue weighted by Gasteiger charge is 2.30. The van der Waals surface area contributed by atoms with E-state index < -0.39 is 35.7 Å². The second-order valence-electron chi connectivity index (χ2n) is 11.0. The number of alkyl carbamates (subject to hydrolysis) is 1. The summed E-state index contributed by atoms with van der Waals surface area (Å²) in [5.41, 5.74) is -0.445. The van der Waals surface area contributed by atoms with Crippen LogP contribution in [0.3, 0.4) is 0 Å². The lowest BCUT2D eigenvalue weighted by Gasteiger charge is -2.23. The molecule has 1 atom stereocenters. The number of esters is 3. The molecule has 0 aromatic rings. The fraction of sp³-hybridized carbons (Fsp3) is 0.719. The fourth-order valence-electron chi connectivity index (χ4n) is 3.40. The Bertz CT molecular complexity index is 949.